The predicted molar refractivity (Wildman–Crippen MR) is 81.2 cm³/mol. The van der Waals surface area contributed by atoms with Crippen LogP contribution in [-0.4, -0.2) is 31.7 Å². The van der Waals surface area contributed by atoms with Crippen molar-refractivity contribution in [3.05, 3.63) is 24.0 Å². The van der Waals surface area contributed by atoms with Crippen LogP contribution in [0.25, 0.3) is 0 Å². The SMILES string of the molecule is CCCNC(C)c1ccc(Sc2nnnn2C2CC2)cn1. The van der Waals surface area contributed by atoms with Crippen molar-refractivity contribution in [2.45, 2.75) is 55.2 Å². The normalized spacial score (nSPS) is 16.1. The molecule has 2 aromatic heterocycles. The van der Waals surface area contributed by atoms with E-state index in [2.05, 4.69) is 51.8 Å². The molecule has 2 aromatic rings. The Morgan fingerprint density at radius 3 is 2.95 bits per heavy atom. The van der Waals surface area contributed by atoms with Gasteiger partial charge in [-0.25, -0.2) is 4.68 Å². The average Bonchev–Trinajstić information content (AvgIpc) is 3.26. The zero-order valence-corrected chi connectivity index (χ0v) is 13.2. The summed E-state index contributed by atoms with van der Waals surface area (Å²) in [5.74, 6) is 0. The number of nitrogens with zero attached hydrogens (tertiary/aromatic N) is 5. The highest BCUT2D eigenvalue weighted by atomic mass is 32.2. The monoisotopic (exact) mass is 304 g/mol. The minimum atomic E-state index is 0.279. The molecule has 3 rings (SSSR count). The molecule has 0 aromatic carbocycles. The lowest BCUT2D eigenvalue weighted by Crippen LogP contribution is -2.20. The van der Waals surface area contributed by atoms with E-state index < -0.39 is 0 Å². The fourth-order valence-electron chi connectivity index (χ4n) is 2.08. The van der Waals surface area contributed by atoms with Gasteiger partial charge in [-0.05, 0) is 67.1 Å². The molecule has 1 saturated carbocycles. The Hall–Kier alpha value is -1.47. The highest BCUT2D eigenvalue weighted by Gasteiger charge is 2.28. The first-order valence-electron chi connectivity index (χ1n) is 7.43. The van der Waals surface area contributed by atoms with Gasteiger partial charge in [-0.3, -0.25) is 4.98 Å². The summed E-state index contributed by atoms with van der Waals surface area (Å²) in [4.78, 5) is 5.61. The molecule has 0 amide bonds. The molecule has 0 aliphatic heterocycles. The third kappa shape index (κ3) is 3.59. The van der Waals surface area contributed by atoms with Crippen LogP contribution in [0, 0.1) is 0 Å². The zero-order chi connectivity index (χ0) is 14.7. The Morgan fingerprint density at radius 1 is 1.43 bits per heavy atom. The number of hydrogen-bond acceptors (Lipinski definition) is 6. The molecule has 1 N–H and O–H groups in total. The van der Waals surface area contributed by atoms with Gasteiger partial charge in [0.15, 0.2) is 0 Å². The molecular weight excluding hydrogens is 284 g/mol. The fraction of sp³-hybridized carbons (Fsp3) is 0.571. The minimum absolute atomic E-state index is 0.279. The molecule has 0 spiro atoms. The van der Waals surface area contributed by atoms with E-state index in [1.165, 1.54) is 12.8 Å². The molecule has 1 atom stereocenters. The van der Waals surface area contributed by atoms with E-state index in [-0.39, 0.29) is 6.04 Å². The summed E-state index contributed by atoms with van der Waals surface area (Å²) in [7, 11) is 0. The summed E-state index contributed by atoms with van der Waals surface area (Å²) >= 11 is 1.57. The van der Waals surface area contributed by atoms with Crippen LogP contribution in [-0.2, 0) is 0 Å². The van der Waals surface area contributed by atoms with Crippen LogP contribution >= 0.6 is 11.8 Å². The molecule has 2 heterocycles. The summed E-state index contributed by atoms with van der Waals surface area (Å²) < 4.78 is 1.92. The van der Waals surface area contributed by atoms with Crippen molar-refractivity contribution in [1.29, 1.82) is 0 Å². The fourth-order valence-corrected chi connectivity index (χ4v) is 2.89. The third-order valence-electron chi connectivity index (χ3n) is 3.47. The molecule has 112 valence electrons. The number of rotatable bonds is 7. The Bertz CT molecular complexity index is 577. The summed E-state index contributed by atoms with van der Waals surface area (Å²) in [5, 5.41) is 16.2. The first kappa shape index (κ1) is 14.5. The van der Waals surface area contributed by atoms with Gasteiger partial charge in [-0.2, -0.15) is 0 Å². The van der Waals surface area contributed by atoms with Gasteiger partial charge in [0.2, 0.25) is 5.16 Å². The van der Waals surface area contributed by atoms with Gasteiger partial charge < -0.3 is 5.32 Å². The summed E-state index contributed by atoms with van der Waals surface area (Å²) in [6.07, 6.45) is 5.38. The van der Waals surface area contributed by atoms with E-state index in [1.54, 1.807) is 11.8 Å². The van der Waals surface area contributed by atoms with E-state index in [0.717, 1.165) is 28.7 Å². The number of nitrogens with one attached hydrogen (secondary N) is 1. The van der Waals surface area contributed by atoms with Crippen LogP contribution in [0.3, 0.4) is 0 Å². The summed E-state index contributed by atoms with van der Waals surface area (Å²) in [5.41, 5.74) is 1.06. The molecule has 1 aliphatic carbocycles. The molecule has 1 aliphatic rings. The van der Waals surface area contributed by atoms with Gasteiger partial charge in [0.05, 0.1) is 11.7 Å². The van der Waals surface area contributed by atoms with Crippen LogP contribution in [0.1, 0.15) is 50.9 Å². The second-order valence-corrected chi connectivity index (χ2v) is 6.37. The molecule has 1 unspecified atom stereocenters. The Labute approximate surface area is 128 Å². The first-order valence-corrected chi connectivity index (χ1v) is 8.24. The molecule has 0 radical (unpaired) electrons. The van der Waals surface area contributed by atoms with Crippen molar-refractivity contribution in [3.63, 3.8) is 0 Å². The number of hydrogen-bond donors (Lipinski definition) is 1. The molecular formula is C14H20N6S. The van der Waals surface area contributed by atoms with Gasteiger partial charge in [-0.1, -0.05) is 6.92 Å². The van der Waals surface area contributed by atoms with Crippen molar-refractivity contribution >= 4 is 11.8 Å². The van der Waals surface area contributed by atoms with Crippen molar-refractivity contribution < 1.29 is 0 Å². The number of aromatic nitrogens is 5. The topological polar surface area (TPSA) is 68.5 Å². The molecule has 6 nitrogen and oxygen atoms in total. The average molecular weight is 304 g/mol. The highest BCUT2D eigenvalue weighted by molar-refractivity contribution is 7.99. The Kier molecular flexibility index (Phi) is 4.50. The molecule has 1 fully saturated rings. The molecule has 0 bridgehead atoms. The van der Waals surface area contributed by atoms with E-state index >= 15 is 0 Å². The first-order chi connectivity index (χ1) is 10.3. The van der Waals surface area contributed by atoms with Crippen LogP contribution < -0.4 is 5.32 Å². The second kappa shape index (κ2) is 6.53. The molecule has 0 saturated heterocycles. The third-order valence-corrected chi connectivity index (χ3v) is 4.40. The molecule has 7 heteroatoms. The standard InChI is InChI=1S/C14H20N6S/c1-3-8-15-10(2)13-7-6-12(9-16-13)21-14-17-18-19-20(14)11-4-5-11/h6-7,9-11,15H,3-5,8H2,1-2H3. The summed E-state index contributed by atoms with van der Waals surface area (Å²) in [6.45, 7) is 5.31. The van der Waals surface area contributed by atoms with Crippen molar-refractivity contribution in [2.75, 3.05) is 6.54 Å². The summed E-state index contributed by atoms with van der Waals surface area (Å²) in [6, 6.07) is 4.93. The van der Waals surface area contributed by atoms with Crippen molar-refractivity contribution in [1.82, 2.24) is 30.5 Å². The van der Waals surface area contributed by atoms with Crippen LogP contribution in [0.15, 0.2) is 28.4 Å². The Morgan fingerprint density at radius 2 is 2.29 bits per heavy atom. The quantitative estimate of drug-likeness (QED) is 0.848. The maximum Gasteiger partial charge on any atom is 0.214 e. The minimum Gasteiger partial charge on any atom is -0.309 e. The van der Waals surface area contributed by atoms with Crippen LogP contribution in [0.5, 0.6) is 0 Å². The van der Waals surface area contributed by atoms with Crippen molar-refractivity contribution in [3.8, 4) is 0 Å². The van der Waals surface area contributed by atoms with Crippen molar-refractivity contribution in [2.24, 2.45) is 0 Å². The molecule has 21 heavy (non-hydrogen) atoms. The van der Waals surface area contributed by atoms with Gasteiger partial charge in [0.25, 0.3) is 0 Å². The van der Waals surface area contributed by atoms with E-state index in [1.807, 2.05) is 10.9 Å². The van der Waals surface area contributed by atoms with Crippen LogP contribution in [0.2, 0.25) is 0 Å². The van der Waals surface area contributed by atoms with Gasteiger partial charge in [0.1, 0.15) is 0 Å². The van der Waals surface area contributed by atoms with Crippen LogP contribution in [0.4, 0.5) is 0 Å². The van der Waals surface area contributed by atoms with Gasteiger partial charge >= 0.3 is 0 Å². The lowest BCUT2D eigenvalue weighted by Gasteiger charge is -2.12. The van der Waals surface area contributed by atoms with E-state index in [9.17, 15) is 0 Å². The van der Waals surface area contributed by atoms with Gasteiger partial charge in [0, 0.05) is 17.1 Å². The van der Waals surface area contributed by atoms with E-state index in [0.29, 0.717) is 6.04 Å². The number of pyridine rings is 1. The smallest absolute Gasteiger partial charge is 0.214 e. The Balaban J connectivity index is 1.65. The maximum atomic E-state index is 4.54. The lowest BCUT2D eigenvalue weighted by molar-refractivity contribution is 0.557. The largest absolute Gasteiger partial charge is 0.309 e. The maximum absolute atomic E-state index is 4.54. The lowest BCUT2D eigenvalue weighted by atomic mass is 10.2. The second-order valence-electron chi connectivity index (χ2n) is 5.33. The number of tetrazole rings is 1. The van der Waals surface area contributed by atoms with E-state index in [4.69, 9.17) is 0 Å². The highest BCUT2D eigenvalue weighted by Crippen LogP contribution is 2.37. The van der Waals surface area contributed by atoms with Gasteiger partial charge in [-0.15, -0.1) is 5.10 Å². The predicted octanol–water partition coefficient (Wildman–Crippen LogP) is 2.61. The zero-order valence-electron chi connectivity index (χ0n) is 12.4.